The summed E-state index contributed by atoms with van der Waals surface area (Å²) in [5, 5.41) is 3.39. The van der Waals surface area contributed by atoms with E-state index in [1.165, 1.54) is 56.2 Å². The molecule has 0 unspecified atom stereocenters. The van der Waals surface area contributed by atoms with E-state index in [9.17, 15) is 4.79 Å². The number of carbonyl (C=O) groups excluding carboxylic acids is 1. The molecule has 0 fully saturated rings. The van der Waals surface area contributed by atoms with Crippen LogP contribution in [0.2, 0.25) is 0 Å². The van der Waals surface area contributed by atoms with Crippen molar-refractivity contribution in [2.75, 3.05) is 11.9 Å². The highest BCUT2D eigenvalue weighted by atomic mass is 16.1. The Hall–Kier alpha value is -1.31. The maximum absolute atomic E-state index is 12.2. The number of nitrogens with one attached hydrogen (secondary N) is 1. The van der Waals surface area contributed by atoms with Crippen molar-refractivity contribution in [3.8, 4) is 0 Å². The second-order valence-electron chi connectivity index (χ2n) is 6.20. The van der Waals surface area contributed by atoms with E-state index in [-0.39, 0.29) is 0 Å². The molecule has 0 atom stereocenters. The number of carbonyl (C=O) groups is 1. The number of unbranched alkanes of at least 4 members (excludes halogenated alkanes) is 6. The van der Waals surface area contributed by atoms with E-state index in [0.717, 1.165) is 24.9 Å². The van der Waals surface area contributed by atoms with Crippen LogP contribution in [-0.4, -0.2) is 12.3 Å². The van der Waals surface area contributed by atoms with Gasteiger partial charge in [0.2, 0.25) is 0 Å². The van der Waals surface area contributed by atoms with E-state index in [0.29, 0.717) is 12.2 Å². The molecule has 1 aliphatic heterocycles. The first-order valence-electron chi connectivity index (χ1n) is 8.71. The molecular formula is C19H29NO. The zero-order valence-electron chi connectivity index (χ0n) is 13.4. The van der Waals surface area contributed by atoms with Gasteiger partial charge in [-0.1, -0.05) is 45.4 Å². The van der Waals surface area contributed by atoms with Crippen LogP contribution in [0, 0.1) is 0 Å². The van der Waals surface area contributed by atoms with Gasteiger partial charge in [0.25, 0.3) is 0 Å². The molecule has 0 saturated carbocycles. The third-order valence-electron chi connectivity index (χ3n) is 4.37. The van der Waals surface area contributed by atoms with Crippen LogP contribution >= 0.6 is 0 Å². The fourth-order valence-corrected chi connectivity index (χ4v) is 3.04. The van der Waals surface area contributed by atoms with Crippen molar-refractivity contribution in [1.29, 1.82) is 0 Å². The molecule has 0 aliphatic carbocycles. The van der Waals surface area contributed by atoms with Gasteiger partial charge in [-0.25, -0.2) is 0 Å². The first-order chi connectivity index (χ1) is 10.3. The number of fused-ring (bicyclic) bond motifs is 1. The van der Waals surface area contributed by atoms with Gasteiger partial charge in [-0.05, 0) is 43.0 Å². The summed E-state index contributed by atoms with van der Waals surface area (Å²) in [6.07, 6.45) is 11.8. The van der Waals surface area contributed by atoms with Crippen LogP contribution in [0.15, 0.2) is 18.2 Å². The molecule has 0 amide bonds. The van der Waals surface area contributed by atoms with Crippen molar-refractivity contribution in [2.45, 2.75) is 71.1 Å². The van der Waals surface area contributed by atoms with Gasteiger partial charge in [-0.15, -0.1) is 0 Å². The summed E-state index contributed by atoms with van der Waals surface area (Å²) < 4.78 is 0. The number of aryl methyl sites for hydroxylation is 1. The summed E-state index contributed by atoms with van der Waals surface area (Å²) in [7, 11) is 0. The number of hydrogen-bond donors (Lipinski definition) is 1. The molecule has 1 aromatic rings. The molecule has 2 heteroatoms. The van der Waals surface area contributed by atoms with Crippen molar-refractivity contribution < 1.29 is 4.79 Å². The molecule has 116 valence electrons. The molecule has 0 bridgehead atoms. The highest BCUT2D eigenvalue weighted by molar-refractivity contribution is 5.96. The third-order valence-corrected chi connectivity index (χ3v) is 4.37. The number of rotatable bonds is 9. The monoisotopic (exact) mass is 287 g/mol. The van der Waals surface area contributed by atoms with Crippen LogP contribution in [0.3, 0.4) is 0 Å². The molecule has 21 heavy (non-hydrogen) atoms. The quantitative estimate of drug-likeness (QED) is 0.489. The number of anilines is 1. The first kappa shape index (κ1) is 16.1. The summed E-state index contributed by atoms with van der Waals surface area (Å²) in [4.78, 5) is 12.2. The molecule has 2 rings (SSSR count). The molecule has 2 nitrogen and oxygen atoms in total. The Balaban J connectivity index is 1.71. The maximum Gasteiger partial charge on any atom is 0.162 e. The summed E-state index contributed by atoms with van der Waals surface area (Å²) >= 11 is 0. The van der Waals surface area contributed by atoms with Crippen LogP contribution in [0.4, 0.5) is 5.69 Å². The van der Waals surface area contributed by atoms with Crippen molar-refractivity contribution >= 4 is 11.5 Å². The zero-order chi connectivity index (χ0) is 14.9. The summed E-state index contributed by atoms with van der Waals surface area (Å²) in [6, 6.07) is 6.16. The van der Waals surface area contributed by atoms with Gasteiger partial charge in [-0.2, -0.15) is 0 Å². The highest BCUT2D eigenvalue weighted by Gasteiger charge is 2.12. The molecule has 1 aromatic carbocycles. The lowest BCUT2D eigenvalue weighted by Crippen LogP contribution is -2.12. The topological polar surface area (TPSA) is 29.1 Å². The largest absolute Gasteiger partial charge is 0.385 e. The van der Waals surface area contributed by atoms with E-state index < -0.39 is 0 Å². The lowest BCUT2D eigenvalue weighted by atomic mass is 9.97. The summed E-state index contributed by atoms with van der Waals surface area (Å²) in [6.45, 7) is 3.30. The van der Waals surface area contributed by atoms with Gasteiger partial charge in [0.05, 0.1) is 0 Å². The molecule has 1 N–H and O–H groups in total. The van der Waals surface area contributed by atoms with Crippen LogP contribution in [0.25, 0.3) is 0 Å². The Morgan fingerprint density at radius 2 is 1.86 bits per heavy atom. The number of ketones is 1. The van der Waals surface area contributed by atoms with E-state index >= 15 is 0 Å². The average molecular weight is 287 g/mol. The highest BCUT2D eigenvalue weighted by Crippen LogP contribution is 2.23. The Labute approximate surface area is 129 Å². The van der Waals surface area contributed by atoms with Gasteiger partial charge in [0, 0.05) is 24.2 Å². The number of hydrogen-bond acceptors (Lipinski definition) is 2. The minimum atomic E-state index is 0.317. The maximum atomic E-state index is 12.2. The molecule has 0 spiro atoms. The number of Topliss-reactive ketones (excluding diaryl/α,β-unsaturated/α-hetero) is 1. The molecular weight excluding hydrogens is 258 g/mol. The fourth-order valence-electron chi connectivity index (χ4n) is 3.04. The van der Waals surface area contributed by atoms with E-state index in [1.807, 2.05) is 6.07 Å². The van der Waals surface area contributed by atoms with Gasteiger partial charge in [0.15, 0.2) is 5.78 Å². The van der Waals surface area contributed by atoms with Crippen molar-refractivity contribution in [2.24, 2.45) is 0 Å². The Bertz CT molecular complexity index is 453. The second-order valence-corrected chi connectivity index (χ2v) is 6.20. The zero-order valence-corrected chi connectivity index (χ0v) is 13.4. The van der Waals surface area contributed by atoms with Crippen LogP contribution in [0.5, 0.6) is 0 Å². The third kappa shape index (κ3) is 5.18. The predicted molar refractivity (Wildman–Crippen MR) is 90.2 cm³/mol. The molecule has 1 aliphatic rings. The Kier molecular flexibility index (Phi) is 6.78. The van der Waals surface area contributed by atoms with Crippen molar-refractivity contribution in [1.82, 2.24) is 0 Å². The van der Waals surface area contributed by atoms with Crippen molar-refractivity contribution in [3.05, 3.63) is 29.3 Å². The predicted octanol–water partition coefficient (Wildman–Crippen LogP) is 5.37. The summed E-state index contributed by atoms with van der Waals surface area (Å²) in [5.41, 5.74) is 3.43. The smallest absolute Gasteiger partial charge is 0.162 e. The molecule has 0 saturated heterocycles. The Morgan fingerprint density at radius 3 is 2.67 bits per heavy atom. The Morgan fingerprint density at radius 1 is 1.10 bits per heavy atom. The van der Waals surface area contributed by atoms with Gasteiger partial charge in [0.1, 0.15) is 0 Å². The normalized spacial score (nSPS) is 13.6. The molecule has 1 heterocycles. The number of benzene rings is 1. The van der Waals surface area contributed by atoms with Crippen molar-refractivity contribution in [3.63, 3.8) is 0 Å². The van der Waals surface area contributed by atoms with Crippen LogP contribution < -0.4 is 5.32 Å². The molecule has 0 aromatic heterocycles. The van der Waals surface area contributed by atoms with E-state index in [4.69, 9.17) is 0 Å². The molecule has 0 radical (unpaired) electrons. The fraction of sp³-hybridized carbons (Fsp3) is 0.632. The second kappa shape index (κ2) is 8.86. The van der Waals surface area contributed by atoms with E-state index in [1.54, 1.807) is 0 Å². The standard InChI is InChI=1S/C19H29NO/c1-2-3-4-5-6-7-8-11-19(21)17-12-13-18-16(15-17)10-9-14-20-18/h12-13,15,20H,2-11,14H2,1H3. The van der Waals surface area contributed by atoms with Crippen LogP contribution in [-0.2, 0) is 6.42 Å². The SMILES string of the molecule is CCCCCCCCCC(=O)c1ccc2c(c1)CCCN2. The van der Waals surface area contributed by atoms with Gasteiger partial charge < -0.3 is 5.32 Å². The van der Waals surface area contributed by atoms with Gasteiger partial charge >= 0.3 is 0 Å². The van der Waals surface area contributed by atoms with E-state index in [2.05, 4.69) is 24.4 Å². The average Bonchev–Trinajstić information content (AvgIpc) is 2.53. The first-order valence-corrected chi connectivity index (χ1v) is 8.71. The summed E-state index contributed by atoms with van der Waals surface area (Å²) in [5.74, 6) is 0.317. The van der Waals surface area contributed by atoms with Gasteiger partial charge in [-0.3, -0.25) is 4.79 Å². The lowest BCUT2D eigenvalue weighted by molar-refractivity contribution is 0.0979. The van der Waals surface area contributed by atoms with Crippen LogP contribution in [0.1, 0.15) is 80.6 Å². The lowest BCUT2D eigenvalue weighted by Gasteiger charge is -2.18. The minimum absolute atomic E-state index is 0.317. The minimum Gasteiger partial charge on any atom is -0.385 e.